The monoisotopic (exact) mass is 620 g/mol. The number of carbonyl (C=O) groups is 1. The van der Waals surface area contributed by atoms with Crippen molar-refractivity contribution in [1.29, 1.82) is 0 Å². The van der Waals surface area contributed by atoms with Crippen molar-refractivity contribution < 1.29 is 19.0 Å². The fraction of sp³-hybridized carbons (Fsp3) is 0.258. The van der Waals surface area contributed by atoms with Crippen LogP contribution >= 0.6 is 27.3 Å². The highest BCUT2D eigenvalue weighted by Gasteiger charge is 2.37. The highest BCUT2D eigenvalue weighted by molar-refractivity contribution is 9.10. The van der Waals surface area contributed by atoms with E-state index < -0.39 is 12.0 Å². The van der Waals surface area contributed by atoms with Gasteiger partial charge in [-0.25, -0.2) is 9.79 Å². The minimum Gasteiger partial charge on any atom is -0.496 e. The van der Waals surface area contributed by atoms with Crippen LogP contribution in [0.1, 0.15) is 43.9 Å². The maximum atomic E-state index is 14.2. The van der Waals surface area contributed by atoms with Crippen LogP contribution in [0.15, 0.2) is 80.1 Å². The number of fused-ring (bicyclic) bond motifs is 2. The lowest BCUT2D eigenvalue weighted by molar-refractivity contribution is -0.139. The summed E-state index contributed by atoms with van der Waals surface area (Å²) in [5, 5.41) is 1.86. The minimum atomic E-state index is -0.775. The Morgan fingerprint density at radius 2 is 1.82 bits per heavy atom. The van der Waals surface area contributed by atoms with Gasteiger partial charge in [0.25, 0.3) is 5.56 Å². The second-order valence-corrected chi connectivity index (χ2v) is 11.1. The molecule has 1 unspecified atom stereocenters. The zero-order valence-corrected chi connectivity index (χ0v) is 25.1. The van der Waals surface area contributed by atoms with Crippen molar-refractivity contribution in [3.8, 4) is 11.5 Å². The van der Waals surface area contributed by atoms with Crippen LogP contribution in [-0.2, 0) is 9.53 Å². The lowest BCUT2D eigenvalue weighted by atomic mass is 9.90. The predicted molar refractivity (Wildman–Crippen MR) is 161 cm³/mol. The maximum absolute atomic E-state index is 14.2. The van der Waals surface area contributed by atoms with Crippen LogP contribution in [-0.4, -0.2) is 31.4 Å². The molecule has 0 aliphatic carbocycles. The number of halogens is 1. The van der Waals surface area contributed by atoms with Gasteiger partial charge in [0.05, 0.1) is 41.1 Å². The number of ether oxygens (including phenoxy) is 3. The van der Waals surface area contributed by atoms with Gasteiger partial charge in [-0.1, -0.05) is 61.1 Å². The molecule has 4 aromatic rings. The van der Waals surface area contributed by atoms with Crippen molar-refractivity contribution >= 4 is 50.1 Å². The van der Waals surface area contributed by atoms with Gasteiger partial charge in [0.15, 0.2) is 4.80 Å². The first-order valence-electron chi connectivity index (χ1n) is 13.0. The second-order valence-electron chi connectivity index (χ2n) is 9.21. The third kappa shape index (κ3) is 4.99. The molecule has 206 valence electrons. The van der Waals surface area contributed by atoms with Gasteiger partial charge in [-0.05, 0) is 69.9 Å². The number of benzene rings is 3. The van der Waals surface area contributed by atoms with Crippen LogP contribution in [0.25, 0.3) is 16.8 Å². The number of methoxy groups -OCH3 is 2. The van der Waals surface area contributed by atoms with Gasteiger partial charge in [0.1, 0.15) is 17.5 Å². The number of esters is 1. The molecule has 9 heteroatoms. The summed E-state index contributed by atoms with van der Waals surface area (Å²) in [6.45, 7) is 4.02. The van der Waals surface area contributed by atoms with E-state index in [4.69, 9.17) is 19.2 Å². The molecule has 0 bridgehead atoms. The first-order valence-corrected chi connectivity index (χ1v) is 14.6. The molecule has 5 rings (SSSR count). The van der Waals surface area contributed by atoms with Crippen molar-refractivity contribution in [2.75, 3.05) is 20.8 Å². The van der Waals surface area contributed by atoms with Gasteiger partial charge in [-0.15, -0.1) is 0 Å². The smallest absolute Gasteiger partial charge is 0.338 e. The Morgan fingerprint density at radius 3 is 2.52 bits per heavy atom. The summed E-state index contributed by atoms with van der Waals surface area (Å²) >= 11 is 4.82. The predicted octanol–water partition coefficient (Wildman–Crippen LogP) is 5.51. The van der Waals surface area contributed by atoms with E-state index in [1.807, 2.05) is 67.6 Å². The topological polar surface area (TPSA) is 79.1 Å². The highest BCUT2D eigenvalue weighted by Crippen LogP contribution is 2.41. The van der Waals surface area contributed by atoms with Gasteiger partial charge in [-0.3, -0.25) is 9.36 Å². The van der Waals surface area contributed by atoms with Crippen LogP contribution in [0.2, 0.25) is 0 Å². The van der Waals surface area contributed by atoms with Crippen LogP contribution in [0.4, 0.5) is 0 Å². The normalized spacial score (nSPS) is 15.1. The molecular weight excluding hydrogens is 592 g/mol. The number of hydrogen-bond acceptors (Lipinski definition) is 7. The third-order valence-electron chi connectivity index (χ3n) is 6.79. The molecule has 0 N–H and O–H groups in total. The van der Waals surface area contributed by atoms with Crippen molar-refractivity contribution in [2.24, 2.45) is 4.99 Å². The molecule has 1 atom stereocenters. The fourth-order valence-corrected chi connectivity index (χ4v) is 6.63. The van der Waals surface area contributed by atoms with E-state index in [1.165, 1.54) is 11.3 Å². The van der Waals surface area contributed by atoms with E-state index in [0.29, 0.717) is 38.5 Å². The lowest BCUT2D eigenvalue weighted by Crippen LogP contribution is -2.40. The second kappa shape index (κ2) is 11.8. The van der Waals surface area contributed by atoms with E-state index in [1.54, 1.807) is 25.7 Å². The molecule has 1 aliphatic heterocycles. The molecule has 0 amide bonds. The van der Waals surface area contributed by atoms with Gasteiger partial charge in [0.2, 0.25) is 0 Å². The quantitative estimate of drug-likeness (QED) is 0.243. The van der Waals surface area contributed by atoms with E-state index in [0.717, 1.165) is 32.8 Å². The lowest BCUT2D eigenvalue weighted by Gasteiger charge is -2.28. The first-order chi connectivity index (χ1) is 19.4. The van der Waals surface area contributed by atoms with E-state index >= 15 is 0 Å². The maximum Gasteiger partial charge on any atom is 0.338 e. The van der Waals surface area contributed by atoms with Crippen molar-refractivity contribution in [3.63, 3.8) is 0 Å². The number of nitrogens with zero attached hydrogens (tertiary/aromatic N) is 2. The van der Waals surface area contributed by atoms with E-state index in [-0.39, 0.29) is 12.2 Å². The minimum absolute atomic E-state index is 0.206. The molecule has 3 aromatic carbocycles. The number of carbonyl (C=O) groups excluding carboxylic acids is 1. The number of allylic oxidation sites excluding steroid dienone is 1. The molecule has 40 heavy (non-hydrogen) atoms. The molecule has 0 fully saturated rings. The summed E-state index contributed by atoms with van der Waals surface area (Å²) in [6, 6.07) is 16.6. The Balaban J connectivity index is 1.85. The van der Waals surface area contributed by atoms with Crippen LogP contribution in [0, 0.1) is 0 Å². The Kier molecular flexibility index (Phi) is 8.23. The molecular formula is C31H29BrN2O5S. The van der Waals surface area contributed by atoms with Crippen molar-refractivity contribution in [2.45, 2.75) is 32.7 Å². The summed E-state index contributed by atoms with van der Waals surface area (Å²) in [7, 11) is 3.20. The summed E-state index contributed by atoms with van der Waals surface area (Å²) in [4.78, 5) is 33.2. The standard InChI is InChI=1S/C31H29BrN2O5S/c1-5-9-22-27(30(36)39-6-2)28(26-20-11-8-7-10-19(20)13-15-24(26)38-4)34-29(35)25(40-31(34)33-22)17-18-12-14-23(37-3)21(32)16-18/h7-8,10-17,28H,5-6,9H2,1-4H3/b25-17-. The van der Waals surface area contributed by atoms with Crippen molar-refractivity contribution in [1.82, 2.24) is 4.57 Å². The zero-order valence-electron chi connectivity index (χ0n) is 22.7. The Bertz CT molecular complexity index is 1820. The number of aromatic nitrogens is 1. The van der Waals surface area contributed by atoms with E-state index in [2.05, 4.69) is 15.9 Å². The molecule has 0 saturated carbocycles. The van der Waals surface area contributed by atoms with Crippen molar-refractivity contribution in [3.05, 3.63) is 101 Å². The molecule has 7 nitrogen and oxygen atoms in total. The van der Waals surface area contributed by atoms with Gasteiger partial charge in [-0.2, -0.15) is 0 Å². The van der Waals surface area contributed by atoms with Crippen LogP contribution in [0.5, 0.6) is 11.5 Å². The number of hydrogen-bond donors (Lipinski definition) is 0. The van der Waals surface area contributed by atoms with Gasteiger partial charge >= 0.3 is 5.97 Å². The van der Waals surface area contributed by atoms with Crippen LogP contribution < -0.4 is 24.4 Å². The molecule has 1 aromatic heterocycles. The summed E-state index contributed by atoms with van der Waals surface area (Å²) in [6.07, 6.45) is 3.17. The summed E-state index contributed by atoms with van der Waals surface area (Å²) in [5.74, 6) is 0.796. The summed E-state index contributed by atoms with van der Waals surface area (Å²) in [5.41, 5.74) is 2.31. The van der Waals surface area contributed by atoms with Gasteiger partial charge in [0, 0.05) is 5.56 Å². The SMILES string of the molecule is CCCC1=C(C(=O)OCC)C(c2c(OC)ccc3ccccc23)n2c(s/c(=C\c3ccc(OC)c(Br)c3)c2=O)=N1. The first kappa shape index (κ1) is 27.9. The summed E-state index contributed by atoms with van der Waals surface area (Å²) < 4.78 is 19.6. The molecule has 0 spiro atoms. The van der Waals surface area contributed by atoms with Crippen LogP contribution in [0.3, 0.4) is 0 Å². The fourth-order valence-electron chi connectivity index (χ4n) is 5.05. The van der Waals surface area contributed by atoms with Gasteiger partial charge < -0.3 is 14.2 Å². The Hall–Kier alpha value is -3.69. The largest absolute Gasteiger partial charge is 0.496 e. The Morgan fingerprint density at radius 1 is 1.07 bits per heavy atom. The average molecular weight is 622 g/mol. The van der Waals surface area contributed by atoms with E-state index in [9.17, 15) is 9.59 Å². The molecule has 2 heterocycles. The molecule has 1 aliphatic rings. The molecule has 0 saturated heterocycles. The molecule has 0 radical (unpaired) electrons. The highest BCUT2D eigenvalue weighted by atomic mass is 79.9. The number of rotatable bonds is 8. The Labute approximate surface area is 244 Å². The zero-order chi connectivity index (χ0) is 28.4. The number of thiazole rings is 1. The average Bonchev–Trinajstić information content (AvgIpc) is 3.26. The third-order valence-corrected chi connectivity index (χ3v) is 8.39.